The van der Waals surface area contributed by atoms with E-state index in [2.05, 4.69) is 0 Å². The van der Waals surface area contributed by atoms with Crippen LogP contribution in [-0.2, 0) is 9.47 Å². The molecule has 0 spiro atoms. The Labute approximate surface area is 202 Å². The van der Waals surface area contributed by atoms with E-state index < -0.39 is 35.1 Å². The molecule has 35 heavy (non-hydrogen) atoms. The number of hydrogen-bond acceptors (Lipinski definition) is 8. The van der Waals surface area contributed by atoms with Crippen LogP contribution in [0.2, 0.25) is 0 Å². The maximum atomic E-state index is 13.3. The van der Waals surface area contributed by atoms with Gasteiger partial charge in [0.05, 0.1) is 23.8 Å². The van der Waals surface area contributed by atoms with Crippen molar-refractivity contribution in [3.05, 3.63) is 75.8 Å². The first kappa shape index (κ1) is 24.1. The normalized spacial score (nSPS) is 20.9. The van der Waals surface area contributed by atoms with Crippen molar-refractivity contribution in [1.82, 2.24) is 14.9 Å². The summed E-state index contributed by atoms with van der Waals surface area (Å²) in [5, 5.41) is 13.7. The molecule has 0 bridgehead atoms. The molecule has 11 heteroatoms. The number of aliphatic imine (C=N–C) groups is 1. The number of amides is 2. The zero-order chi connectivity index (χ0) is 25.3. The molecule has 184 valence electrons. The van der Waals surface area contributed by atoms with Gasteiger partial charge >= 0.3 is 12.2 Å². The summed E-state index contributed by atoms with van der Waals surface area (Å²) in [6.45, 7) is 7.30. The van der Waals surface area contributed by atoms with Crippen LogP contribution in [0.5, 0.6) is 0 Å². The van der Waals surface area contributed by atoms with Gasteiger partial charge in [0.2, 0.25) is 0 Å². The number of fused-ring (bicyclic) bond motifs is 1. The lowest BCUT2D eigenvalue weighted by molar-refractivity contribution is -0.384. The van der Waals surface area contributed by atoms with Gasteiger partial charge in [-0.25, -0.2) is 14.5 Å². The van der Waals surface area contributed by atoms with Crippen molar-refractivity contribution in [2.24, 2.45) is 4.99 Å². The standard InChI is InChI=1S/C24H27N5O6/c1-5-34-22(30)27-20(17-12-14-18(15-13-17)29(32)33)26-21(28(27)23(31)35-6-2)19(25-24(26,3)4)16-10-8-7-9-11-16/h7-15,20-21H,5-6H2,1-4H3/t20-,21-/m0/s1. The molecule has 2 heterocycles. The maximum absolute atomic E-state index is 13.3. The van der Waals surface area contributed by atoms with Gasteiger partial charge in [-0.3, -0.25) is 15.1 Å². The predicted molar refractivity (Wildman–Crippen MR) is 126 cm³/mol. The number of carbonyl (C=O) groups excluding carboxylic acids is 2. The number of rotatable bonds is 5. The molecule has 0 unspecified atom stereocenters. The Balaban J connectivity index is 1.91. The summed E-state index contributed by atoms with van der Waals surface area (Å²) in [5.74, 6) is 0. The van der Waals surface area contributed by atoms with E-state index in [-0.39, 0.29) is 18.9 Å². The lowest BCUT2D eigenvalue weighted by Crippen LogP contribution is -2.52. The molecular formula is C24H27N5O6. The van der Waals surface area contributed by atoms with E-state index in [0.717, 1.165) is 5.56 Å². The molecule has 4 rings (SSSR count). The Kier molecular flexibility index (Phi) is 6.44. The third kappa shape index (κ3) is 4.18. The number of non-ortho nitro benzene ring substituents is 1. The molecule has 0 aliphatic carbocycles. The number of carbonyl (C=O) groups is 2. The second-order valence-corrected chi connectivity index (χ2v) is 8.45. The van der Waals surface area contributed by atoms with Gasteiger partial charge in [-0.1, -0.05) is 30.3 Å². The quantitative estimate of drug-likeness (QED) is 0.461. The molecule has 0 radical (unpaired) electrons. The Morgan fingerprint density at radius 2 is 1.49 bits per heavy atom. The van der Waals surface area contributed by atoms with Gasteiger partial charge in [-0.05, 0) is 51.0 Å². The summed E-state index contributed by atoms with van der Waals surface area (Å²) in [7, 11) is 0. The second-order valence-electron chi connectivity index (χ2n) is 8.45. The highest BCUT2D eigenvalue weighted by atomic mass is 16.6. The van der Waals surface area contributed by atoms with Crippen LogP contribution in [0.4, 0.5) is 15.3 Å². The molecule has 2 aromatic rings. The smallest absolute Gasteiger partial charge is 0.430 e. The first-order valence-corrected chi connectivity index (χ1v) is 11.3. The van der Waals surface area contributed by atoms with Gasteiger partial charge in [-0.15, -0.1) is 0 Å². The van der Waals surface area contributed by atoms with Crippen molar-refractivity contribution in [3.63, 3.8) is 0 Å². The topological polar surface area (TPSA) is 118 Å². The average molecular weight is 482 g/mol. The van der Waals surface area contributed by atoms with E-state index >= 15 is 0 Å². The second kappa shape index (κ2) is 9.34. The Hall–Kier alpha value is -3.99. The number of hydrogen-bond donors (Lipinski definition) is 0. The first-order valence-electron chi connectivity index (χ1n) is 11.3. The maximum Gasteiger partial charge on any atom is 0.430 e. The summed E-state index contributed by atoms with van der Waals surface area (Å²) < 4.78 is 10.7. The molecule has 2 aliphatic heterocycles. The van der Waals surface area contributed by atoms with E-state index in [0.29, 0.717) is 11.3 Å². The Morgan fingerprint density at radius 1 is 0.943 bits per heavy atom. The predicted octanol–water partition coefficient (Wildman–Crippen LogP) is 4.31. The van der Waals surface area contributed by atoms with Gasteiger partial charge in [0.15, 0.2) is 6.17 Å². The summed E-state index contributed by atoms with van der Waals surface area (Å²) in [6.07, 6.45) is -3.11. The van der Waals surface area contributed by atoms with Crippen molar-refractivity contribution in [3.8, 4) is 0 Å². The SMILES string of the molecule is CCOC(=O)N1[C@H]2C(c3ccccc3)=NC(C)(C)N2[C@H](c2ccc([N+](=O)[O-])cc2)N1C(=O)OCC. The molecule has 1 saturated heterocycles. The highest BCUT2D eigenvalue weighted by molar-refractivity contribution is 6.07. The van der Waals surface area contributed by atoms with Crippen LogP contribution < -0.4 is 0 Å². The van der Waals surface area contributed by atoms with Gasteiger partial charge in [0.1, 0.15) is 11.8 Å². The van der Waals surface area contributed by atoms with Crippen LogP contribution in [0.3, 0.4) is 0 Å². The van der Waals surface area contributed by atoms with Gasteiger partial charge in [0.25, 0.3) is 5.69 Å². The van der Waals surface area contributed by atoms with Crippen molar-refractivity contribution >= 4 is 23.6 Å². The number of hydrazine groups is 1. The highest BCUT2D eigenvalue weighted by Crippen LogP contribution is 2.47. The minimum Gasteiger partial charge on any atom is -0.448 e. The third-order valence-electron chi connectivity index (χ3n) is 5.87. The minimum atomic E-state index is -0.853. The molecular weight excluding hydrogens is 454 g/mol. The van der Waals surface area contributed by atoms with Gasteiger partial charge in [-0.2, -0.15) is 10.0 Å². The fraction of sp³-hybridized carbons (Fsp3) is 0.375. The molecule has 2 atom stereocenters. The molecule has 0 aromatic heterocycles. The van der Waals surface area contributed by atoms with Gasteiger partial charge in [0, 0.05) is 12.1 Å². The van der Waals surface area contributed by atoms with E-state index in [4.69, 9.17) is 14.5 Å². The molecule has 0 saturated carbocycles. The van der Waals surface area contributed by atoms with Crippen molar-refractivity contribution < 1.29 is 24.0 Å². The van der Waals surface area contributed by atoms with Crippen molar-refractivity contribution in [2.45, 2.75) is 45.7 Å². The lowest BCUT2D eigenvalue weighted by atomic mass is 10.1. The number of ether oxygens (including phenoxy) is 2. The third-order valence-corrected chi connectivity index (χ3v) is 5.87. The van der Waals surface area contributed by atoms with Crippen LogP contribution in [0, 0.1) is 10.1 Å². The summed E-state index contributed by atoms with van der Waals surface area (Å²) in [6, 6.07) is 15.2. The highest BCUT2D eigenvalue weighted by Gasteiger charge is 2.61. The van der Waals surface area contributed by atoms with E-state index in [1.54, 1.807) is 26.0 Å². The lowest BCUT2D eigenvalue weighted by Gasteiger charge is -2.35. The first-order chi connectivity index (χ1) is 16.7. The molecule has 0 N–H and O–H groups in total. The molecule has 2 amide bonds. The zero-order valence-electron chi connectivity index (χ0n) is 20.0. The van der Waals surface area contributed by atoms with Crippen LogP contribution in [0.15, 0.2) is 59.6 Å². The summed E-state index contributed by atoms with van der Waals surface area (Å²) >= 11 is 0. The average Bonchev–Trinajstić information content (AvgIpc) is 3.33. The minimum absolute atomic E-state index is 0.0878. The Bertz CT molecular complexity index is 1150. The van der Waals surface area contributed by atoms with Crippen LogP contribution in [-0.4, -0.2) is 62.8 Å². The fourth-order valence-corrected chi connectivity index (χ4v) is 4.51. The molecule has 11 nitrogen and oxygen atoms in total. The van der Waals surface area contributed by atoms with Crippen LogP contribution in [0.25, 0.3) is 0 Å². The van der Waals surface area contributed by atoms with Gasteiger partial charge < -0.3 is 9.47 Å². The molecule has 2 aromatic carbocycles. The number of nitrogens with zero attached hydrogens (tertiary/aromatic N) is 5. The van der Waals surface area contributed by atoms with E-state index in [1.165, 1.54) is 22.2 Å². The van der Waals surface area contributed by atoms with E-state index in [1.807, 2.05) is 49.1 Å². The monoisotopic (exact) mass is 481 g/mol. The largest absolute Gasteiger partial charge is 0.448 e. The molecule has 2 aliphatic rings. The van der Waals surface area contributed by atoms with Crippen molar-refractivity contribution in [2.75, 3.05) is 13.2 Å². The summed E-state index contributed by atoms with van der Waals surface area (Å²) in [5.41, 5.74) is 0.986. The van der Waals surface area contributed by atoms with E-state index in [9.17, 15) is 19.7 Å². The molecule has 1 fully saturated rings. The number of nitro groups is 1. The number of benzene rings is 2. The van der Waals surface area contributed by atoms with Crippen LogP contribution >= 0.6 is 0 Å². The number of nitro benzene ring substituents is 1. The zero-order valence-corrected chi connectivity index (χ0v) is 20.0. The van der Waals surface area contributed by atoms with Crippen molar-refractivity contribution in [1.29, 1.82) is 0 Å². The summed E-state index contributed by atoms with van der Waals surface area (Å²) in [4.78, 5) is 44.1. The fourth-order valence-electron chi connectivity index (χ4n) is 4.51. The van der Waals surface area contributed by atoms with Crippen LogP contribution in [0.1, 0.15) is 45.0 Å². The Morgan fingerprint density at radius 3 is 2.00 bits per heavy atom.